The predicted octanol–water partition coefficient (Wildman–Crippen LogP) is -0.515. The van der Waals surface area contributed by atoms with Crippen molar-refractivity contribution in [2.24, 2.45) is 0 Å². The maximum Gasteiger partial charge on any atom is 0.512 e. The summed E-state index contributed by atoms with van der Waals surface area (Å²) in [4.78, 5) is 10.0. The molecule has 0 saturated carbocycles. The van der Waals surface area contributed by atoms with Gasteiger partial charge in [0, 0.05) is 4.78 Å². The second-order valence-electron chi connectivity index (χ2n) is 1.90. The summed E-state index contributed by atoms with van der Waals surface area (Å²) in [6.07, 6.45) is -1.42. The highest BCUT2D eigenvalue weighted by molar-refractivity contribution is 7.23. The minimum absolute atomic E-state index is 0.116. The van der Waals surface area contributed by atoms with E-state index in [2.05, 4.69) is 4.74 Å². The molecule has 1 aromatic rings. The molecule has 1 aromatic heterocycles. The molecule has 5 nitrogen and oxygen atoms in total. The minimum Gasteiger partial charge on any atom is -0.449 e. The number of hydrogen-bond acceptors (Lipinski definition) is 5. The van der Waals surface area contributed by atoms with Gasteiger partial charge in [0.1, 0.15) is 0 Å². The molecule has 0 bridgehead atoms. The van der Waals surface area contributed by atoms with Crippen LogP contribution in [0.2, 0.25) is 0 Å². The normalized spacial score (nSPS) is 9.50. The van der Waals surface area contributed by atoms with Crippen LogP contribution in [0.4, 0.5) is 4.79 Å². The molecule has 0 aliphatic carbocycles. The standard InChI is InChI=1S/C5H5BO5S/c7-5(8)11-4-2-1-3(12-4)6(9)10/h1-2,9-10H,(H,7,8). The first kappa shape index (κ1) is 9.05. The zero-order chi connectivity index (χ0) is 9.14. The third-order valence-electron chi connectivity index (χ3n) is 1.04. The van der Waals surface area contributed by atoms with E-state index in [1.165, 1.54) is 12.1 Å². The number of ether oxygens (including phenoxy) is 1. The third-order valence-corrected chi connectivity index (χ3v) is 2.05. The average Bonchev–Trinajstić information content (AvgIpc) is 2.34. The SMILES string of the molecule is O=C(O)Oc1ccc(B(O)O)s1. The quantitative estimate of drug-likeness (QED) is 0.429. The summed E-state index contributed by atoms with van der Waals surface area (Å²) in [6.45, 7) is 0. The van der Waals surface area contributed by atoms with Crippen molar-refractivity contribution in [3.8, 4) is 5.06 Å². The maximum absolute atomic E-state index is 10.0. The fraction of sp³-hybridized carbons (Fsp3) is 0. The van der Waals surface area contributed by atoms with E-state index in [9.17, 15) is 4.79 Å². The molecular formula is C5H5BO5S. The van der Waals surface area contributed by atoms with Crippen molar-refractivity contribution in [3.05, 3.63) is 12.1 Å². The molecule has 0 amide bonds. The van der Waals surface area contributed by atoms with E-state index in [0.717, 1.165) is 11.3 Å². The Balaban J connectivity index is 2.70. The molecular weight excluding hydrogens is 183 g/mol. The molecule has 64 valence electrons. The summed E-state index contributed by atoms with van der Waals surface area (Å²) < 4.78 is 4.50. The lowest BCUT2D eigenvalue weighted by Crippen LogP contribution is -2.26. The Labute approximate surface area is 72.0 Å². The molecule has 0 aromatic carbocycles. The van der Waals surface area contributed by atoms with Crippen LogP contribution in [0.25, 0.3) is 0 Å². The van der Waals surface area contributed by atoms with Gasteiger partial charge in [0.15, 0.2) is 5.06 Å². The van der Waals surface area contributed by atoms with Gasteiger partial charge < -0.3 is 19.9 Å². The molecule has 0 saturated heterocycles. The summed E-state index contributed by atoms with van der Waals surface area (Å²) in [7, 11) is -1.58. The van der Waals surface area contributed by atoms with Gasteiger partial charge in [0.25, 0.3) is 0 Å². The van der Waals surface area contributed by atoms with E-state index >= 15 is 0 Å². The van der Waals surface area contributed by atoms with Crippen molar-refractivity contribution >= 4 is 29.4 Å². The highest BCUT2D eigenvalue weighted by Crippen LogP contribution is 2.16. The minimum atomic E-state index is -1.58. The van der Waals surface area contributed by atoms with E-state index in [1.807, 2.05) is 0 Å². The Kier molecular flexibility index (Phi) is 2.69. The van der Waals surface area contributed by atoms with E-state index < -0.39 is 13.3 Å². The molecule has 3 N–H and O–H groups in total. The van der Waals surface area contributed by atoms with Gasteiger partial charge in [-0.1, -0.05) is 0 Å². The monoisotopic (exact) mass is 188 g/mol. The summed E-state index contributed by atoms with van der Waals surface area (Å²) in [5, 5.41) is 25.6. The maximum atomic E-state index is 10.0. The number of carboxylic acid groups (broad SMARTS) is 1. The number of rotatable bonds is 2. The fourth-order valence-corrected chi connectivity index (χ4v) is 1.34. The molecule has 0 spiro atoms. The second kappa shape index (κ2) is 3.57. The lowest BCUT2D eigenvalue weighted by atomic mass is 9.90. The fourth-order valence-electron chi connectivity index (χ4n) is 0.614. The van der Waals surface area contributed by atoms with Gasteiger partial charge >= 0.3 is 13.3 Å². The first-order chi connectivity index (χ1) is 5.59. The van der Waals surface area contributed by atoms with Gasteiger partial charge in [-0.05, 0) is 12.1 Å². The molecule has 7 heteroatoms. The van der Waals surface area contributed by atoms with Crippen molar-refractivity contribution in [1.29, 1.82) is 0 Å². The van der Waals surface area contributed by atoms with E-state index in [-0.39, 0.29) is 9.84 Å². The van der Waals surface area contributed by atoms with Crippen LogP contribution in [-0.2, 0) is 0 Å². The Morgan fingerprint density at radius 1 is 1.50 bits per heavy atom. The summed E-state index contributed by atoms with van der Waals surface area (Å²) in [6, 6.07) is 2.74. The van der Waals surface area contributed by atoms with E-state index in [4.69, 9.17) is 15.2 Å². The predicted molar refractivity (Wildman–Crippen MR) is 42.8 cm³/mol. The second-order valence-corrected chi connectivity index (χ2v) is 2.98. The van der Waals surface area contributed by atoms with Gasteiger partial charge in [0.05, 0.1) is 0 Å². The highest BCUT2D eigenvalue weighted by atomic mass is 32.1. The molecule has 0 atom stereocenters. The zero-order valence-electron chi connectivity index (χ0n) is 5.80. The first-order valence-electron chi connectivity index (χ1n) is 2.96. The van der Waals surface area contributed by atoms with Crippen molar-refractivity contribution in [3.63, 3.8) is 0 Å². The molecule has 12 heavy (non-hydrogen) atoms. The van der Waals surface area contributed by atoms with Crippen LogP contribution in [0, 0.1) is 0 Å². The Bertz CT molecular complexity index is 283. The first-order valence-corrected chi connectivity index (χ1v) is 3.78. The molecule has 0 unspecified atom stereocenters. The largest absolute Gasteiger partial charge is 0.512 e. The molecule has 0 aliphatic heterocycles. The Hall–Kier alpha value is -1.05. The summed E-state index contributed by atoms with van der Waals surface area (Å²) >= 11 is 0.866. The van der Waals surface area contributed by atoms with Gasteiger partial charge in [-0.2, -0.15) is 0 Å². The molecule has 0 aliphatic rings. The molecule has 0 radical (unpaired) electrons. The van der Waals surface area contributed by atoms with Crippen LogP contribution in [0.1, 0.15) is 0 Å². The smallest absolute Gasteiger partial charge is 0.449 e. The Morgan fingerprint density at radius 3 is 2.58 bits per heavy atom. The Morgan fingerprint density at radius 2 is 2.17 bits per heavy atom. The number of carbonyl (C=O) groups is 1. The highest BCUT2D eigenvalue weighted by Gasteiger charge is 2.15. The van der Waals surface area contributed by atoms with Crippen LogP contribution in [0.15, 0.2) is 12.1 Å². The van der Waals surface area contributed by atoms with Crippen LogP contribution in [0.5, 0.6) is 5.06 Å². The zero-order valence-corrected chi connectivity index (χ0v) is 6.61. The third kappa shape index (κ3) is 2.23. The van der Waals surface area contributed by atoms with Gasteiger partial charge in [-0.3, -0.25) is 0 Å². The van der Waals surface area contributed by atoms with E-state index in [1.54, 1.807) is 0 Å². The lowest BCUT2D eigenvalue weighted by Gasteiger charge is -1.92. The van der Waals surface area contributed by atoms with Crippen LogP contribution < -0.4 is 9.51 Å². The van der Waals surface area contributed by atoms with Crippen LogP contribution in [-0.4, -0.2) is 28.4 Å². The van der Waals surface area contributed by atoms with Crippen molar-refractivity contribution in [2.45, 2.75) is 0 Å². The summed E-state index contributed by atoms with van der Waals surface area (Å²) in [5.74, 6) is 0. The van der Waals surface area contributed by atoms with Crippen LogP contribution >= 0.6 is 11.3 Å². The topological polar surface area (TPSA) is 87.0 Å². The van der Waals surface area contributed by atoms with E-state index in [0.29, 0.717) is 0 Å². The average molecular weight is 188 g/mol. The molecule has 1 rings (SSSR count). The molecule has 0 fully saturated rings. The summed E-state index contributed by atoms with van der Waals surface area (Å²) in [5.41, 5.74) is 0. The van der Waals surface area contributed by atoms with Gasteiger partial charge in [-0.25, -0.2) is 4.79 Å². The van der Waals surface area contributed by atoms with Crippen molar-refractivity contribution in [2.75, 3.05) is 0 Å². The van der Waals surface area contributed by atoms with Crippen LogP contribution in [0.3, 0.4) is 0 Å². The van der Waals surface area contributed by atoms with Gasteiger partial charge in [-0.15, -0.1) is 11.3 Å². The van der Waals surface area contributed by atoms with Gasteiger partial charge in [0.2, 0.25) is 0 Å². The number of hydrogen-bond donors (Lipinski definition) is 3. The lowest BCUT2D eigenvalue weighted by molar-refractivity contribution is 0.146. The van der Waals surface area contributed by atoms with Crippen molar-refractivity contribution in [1.82, 2.24) is 0 Å². The number of thiophene rings is 1. The molecule has 1 heterocycles. The van der Waals surface area contributed by atoms with Crippen molar-refractivity contribution < 1.29 is 24.7 Å².